The van der Waals surface area contributed by atoms with Crippen LogP contribution in [0.2, 0.25) is 5.02 Å². The highest BCUT2D eigenvalue weighted by atomic mass is 35.5. The SMILES string of the molecule is C[C@H](N[C@@H](C)c1ccc(Cl)c2ccccc12)c1cnccn1. The molecule has 0 saturated heterocycles. The van der Waals surface area contributed by atoms with Crippen molar-refractivity contribution in [2.45, 2.75) is 25.9 Å². The summed E-state index contributed by atoms with van der Waals surface area (Å²) in [6, 6.07) is 12.6. The Labute approximate surface area is 135 Å². The van der Waals surface area contributed by atoms with Crippen LogP contribution < -0.4 is 5.32 Å². The molecule has 3 aromatic rings. The first-order valence-electron chi connectivity index (χ1n) is 7.36. The van der Waals surface area contributed by atoms with Gasteiger partial charge in [-0.3, -0.25) is 9.97 Å². The van der Waals surface area contributed by atoms with Gasteiger partial charge >= 0.3 is 0 Å². The lowest BCUT2D eigenvalue weighted by Crippen LogP contribution is -2.23. The molecule has 2 aromatic carbocycles. The van der Waals surface area contributed by atoms with Gasteiger partial charge in [0.25, 0.3) is 0 Å². The van der Waals surface area contributed by atoms with Gasteiger partial charge < -0.3 is 5.32 Å². The topological polar surface area (TPSA) is 37.8 Å². The summed E-state index contributed by atoms with van der Waals surface area (Å²) in [6.45, 7) is 4.25. The van der Waals surface area contributed by atoms with Crippen LogP contribution in [0.25, 0.3) is 10.8 Å². The van der Waals surface area contributed by atoms with Gasteiger partial charge in [0.15, 0.2) is 0 Å². The molecule has 22 heavy (non-hydrogen) atoms. The fourth-order valence-electron chi connectivity index (χ4n) is 2.75. The quantitative estimate of drug-likeness (QED) is 0.759. The van der Waals surface area contributed by atoms with Crippen molar-refractivity contribution in [3.8, 4) is 0 Å². The number of nitrogens with zero attached hydrogens (tertiary/aromatic N) is 2. The Morgan fingerprint density at radius 2 is 1.73 bits per heavy atom. The van der Waals surface area contributed by atoms with Gasteiger partial charge in [0.2, 0.25) is 0 Å². The molecule has 3 nitrogen and oxygen atoms in total. The van der Waals surface area contributed by atoms with E-state index in [-0.39, 0.29) is 12.1 Å². The summed E-state index contributed by atoms with van der Waals surface area (Å²) in [4.78, 5) is 8.48. The molecule has 0 aliphatic rings. The molecule has 0 fully saturated rings. The Morgan fingerprint density at radius 3 is 2.45 bits per heavy atom. The molecule has 1 heterocycles. The van der Waals surface area contributed by atoms with Crippen LogP contribution in [0.15, 0.2) is 55.0 Å². The van der Waals surface area contributed by atoms with Gasteiger partial charge in [-0.1, -0.05) is 41.9 Å². The second-order valence-corrected chi connectivity index (χ2v) is 5.83. The van der Waals surface area contributed by atoms with Crippen LogP contribution in [0.5, 0.6) is 0 Å². The first-order valence-corrected chi connectivity index (χ1v) is 7.73. The number of halogens is 1. The zero-order valence-corrected chi connectivity index (χ0v) is 13.4. The molecule has 0 saturated carbocycles. The lowest BCUT2D eigenvalue weighted by molar-refractivity contribution is 0.487. The second kappa shape index (κ2) is 6.42. The lowest BCUT2D eigenvalue weighted by atomic mass is 9.99. The van der Waals surface area contributed by atoms with Crippen molar-refractivity contribution in [1.29, 1.82) is 0 Å². The van der Waals surface area contributed by atoms with Gasteiger partial charge in [0.1, 0.15) is 0 Å². The molecule has 0 bridgehead atoms. The Balaban J connectivity index is 1.90. The Kier molecular flexibility index (Phi) is 4.36. The third-order valence-corrected chi connectivity index (χ3v) is 4.23. The van der Waals surface area contributed by atoms with Crippen LogP contribution in [-0.4, -0.2) is 9.97 Å². The highest BCUT2D eigenvalue weighted by molar-refractivity contribution is 6.35. The molecule has 0 spiro atoms. The van der Waals surface area contributed by atoms with Crippen molar-refractivity contribution < 1.29 is 0 Å². The summed E-state index contributed by atoms with van der Waals surface area (Å²) in [6.07, 6.45) is 5.20. The van der Waals surface area contributed by atoms with Crippen molar-refractivity contribution >= 4 is 22.4 Å². The summed E-state index contributed by atoms with van der Waals surface area (Å²) >= 11 is 6.30. The number of nitrogens with one attached hydrogen (secondary N) is 1. The van der Waals surface area contributed by atoms with E-state index in [0.29, 0.717) is 0 Å². The van der Waals surface area contributed by atoms with E-state index >= 15 is 0 Å². The minimum Gasteiger partial charge on any atom is -0.302 e. The average Bonchev–Trinajstić information content (AvgIpc) is 2.56. The van der Waals surface area contributed by atoms with Gasteiger partial charge in [-0.15, -0.1) is 0 Å². The summed E-state index contributed by atoms with van der Waals surface area (Å²) in [7, 11) is 0. The number of fused-ring (bicyclic) bond motifs is 1. The number of rotatable bonds is 4. The molecule has 0 aliphatic carbocycles. The predicted molar refractivity (Wildman–Crippen MR) is 91.0 cm³/mol. The molecular weight excluding hydrogens is 294 g/mol. The molecule has 0 amide bonds. The Morgan fingerprint density at radius 1 is 0.955 bits per heavy atom. The summed E-state index contributed by atoms with van der Waals surface area (Å²) in [5.74, 6) is 0. The van der Waals surface area contributed by atoms with Crippen LogP contribution in [0.4, 0.5) is 0 Å². The van der Waals surface area contributed by atoms with Gasteiger partial charge in [-0.05, 0) is 30.9 Å². The van der Waals surface area contributed by atoms with Gasteiger partial charge in [-0.2, -0.15) is 0 Å². The second-order valence-electron chi connectivity index (χ2n) is 5.42. The van der Waals surface area contributed by atoms with Crippen molar-refractivity contribution in [3.63, 3.8) is 0 Å². The zero-order chi connectivity index (χ0) is 15.5. The van der Waals surface area contributed by atoms with E-state index in [1.54, 1.807) is 18.6 Å². The largest absolute Gasteiger partial charge is 0.302 e. The van der Waals surface area contributed by atoms with E-state index in [1.165, 1.54) is 10.9 Å². The van der Waals surface area contributed by atoms with Crippen LogP contribution in [-0.2, 0) is 0 Å². The molecule has 0 aliphatic heterocycles. The fourth-order valence-corrected chi connectivity index (χ4v) is 2.98. The van der Waals surface area contributed by atoms with Crippen molar-refractivity contribution in [2.24, 2.45) is 0 Å². The predicted octanol–water partition coefficient (Wildman–Crippen LogP) is 4.70. The maximum absolute atomic E-state index is 6.30. The minimum atomic E-state index is 0.123. The highest BCUT2D eigenvalue weighted by Gasteiger charge is 2.15. The maximum Gasteiger partial charge on any atom is 0.0753 e. The van der Waals surface area contributed by atoms with E-state index in [2.05, 4.69) is 47.3 Å². The van der Waals surface area contributed by atoms with E-state index in [0.717, 1.165) is 16.1 Å². The third-order valence-electron chi connectivity index (χ3n) is 3.90. The summed E-state index contributed by atoms with van der Waals surface area (Å²) < 4.78 is 0. The van der Waals surface area contributed by atoms with E-state index in [4.69, 9.17) is 11.6 Å². The molecule has 112 valence electrons. The van der Waals surface area contributed by atoms with Gasteiger partial charge in [0.05, 0.1) is 5.69 Å². The zero-order valence-electron chi connectivity index (χ0n) is 12.6. The van der Waals surface area contributed by atoms with Gasteiger partial charge in [-0.25, -0.2) is 0 Å². The maximum atomic E-state index is 6.30. The molecular formula is C18H18ClN3. The van der Waals surface area contributed by atoms with Crippen LogP contribution in [0, 0.1) is 0 Å². The van der Waals surface area contributed by atoms with Crippen molar-refractivity contribution in [2.75, 3.05) is 0 Å². The number of hydrogen-bond donors (Lipinski definition) is 1. The Hall–Kier alpha value is -1.97. The minimum absolute atomic E-state index is 0.123. The molecule has 3 rings (SSSR count). The first-order chi connectivity index (χ1) is 10.7. The monoisotopic (exact) mass is 311 g/mol. The molecule has 1 aromatic heterocycles. The molecule has 0 unspecified atom stereocenters. The number of aromatic nitrogens is 2. The number of hydrogen-bond acceptors (Lipinski definition) is 3. The van der Waals surface area contributed by atoms with E-state index in [9.17, 15) is 0 Å². The van der Waals surface area contributed by atoms with Crippen LogP contribution >= 0.6 is 11.6 Å². The van der Waals surface area contributed by atoms with Crippen LogP contribution in [0.3, 0.4) is 0 Å². The van der Waals surface area contributed by atoms with E-state index < -0.39 is 0 Å². The number of benzene rings is 2. The van der Waals surface area contributed by atoms with Crippen molar-refractivity contribution in [1.82, 2.24) is 15.3 Å². The average molecular weight is 312 g/mol. The van der Waals surface area contributed by atoms with Crippen molar-refractivity contribution in [3.05, 3.63) is 71.3 Å². The smallest absolute Gasteiger partial charge is 0.0753 e. The summed E-state index contributed by atoms with van der Waals surface area (Å²) in [5.41, 5.74) is 2.17. The first kappa shape index (κ1) is 14.9. The summed E-state index contributed by atoms with van der Waals surface area (Å²) in [5, 5.41) is 6.63. The lowest BCUT2D eigenvalue weighted by Gasteiger charge is -2.21. The van der Waals surface area contributed by atoms with Crippen LogP contribution in [0.1, 0.15) is 37.2 Å². The standard InChI is InChI=1S/C18H18ClN3/c1-12(22-13(2)18-11-20-9-10-21-18)14-7-8-17(19)16-6-4-3-5-15(14)16/h3-13,22H,1-2H3/t12-,13-/m0/s1. The van der Waals surface area contributed by atoms with E-state index in [1.807, 2.05) is 18.2 Å². The molecule has 2 atom stereocenters. The molecule has 1 N–H and O–H groups in total. The third kappa shape index (κ3) is 2.96. The fraction of sp³-hybridized carbons (Fsp3) is 0.222. The normalized spacial score (nSPS) is 14.0. The molecule has 4 heteroatoms. The molecule has 0 radical (unpaired) electrons. The Bertz CT molecular complexity index is 774. The highest BCUT2D eigenvalue weighted by Crippen LogP contribution is 2.30. The van der Waals surface area contributed by atoms with Gasteiger partial charge in [0, 0.05) is 41.1 Å².